The van der Waals surface area contributed by atoms with Crippen LogP contribution in [0.15, 0.2) is 67.0 Å². The van der Waals surface area contributed by atoms with Crippen molar-refractivity contribution >= 4 is 23.8 Å². The molecule has 2 heterocycles. The van der Waals surface area contributed by atoms with Crippen LogP contribution in [0.5, 0.6) is 11.5 Å². The van der Waals surface area contributed by atoms with E-state index in [4.69, 9.17) is 21.7 Å². The van der Waals surface area contributed by atoms with Gasteiger partial charge in [-0.1, -0.05) is 29.8 Å². The first-order valence-corrected chi connectivity index (χ1v) is 10.3. The second-order valence-electron chi connectivity index (χ2n) is 7.12. The smallest absolute Gasteiger partial charge is 0.246 e. The van der Waals surface area contributed by atoms with Crippen LogP contribution >= 0.6 is 12.2 Å². The number of hydrogen-bond donors (Lipinski definition) is 1. The molecular weight excluding hydrogens is 426 g/mol. The summed E-state index contributed by atoms with van der Waals surface area (Å²) >= 11 is 5.67. The number of ether oxygens (including phenoxy) is 2. The molecule has 2 aromatic carbocycles. The number of amides is 1. The molecule has 8 nitrogen and oxygen atoms in total. The van der Waals surface area contributed by atoms with Gasteiger partial charge in [0.2, 0.25) is 10.7 Å². The predicted molar refractivity (Wildman–Crippen MR) is 125 cm³/mol. The van der Waals surface area contributed by atoms with E-state index < -0.39 is 0 Å². The summed E-state index contributed by atoms with van der Waals surface area (Å²) in [6.07, 6.45) is 3.75. The molecule has 0 unspecified atom stereocenters. The van der Waals surface area contributed by atoms with Gasteiger partial charge in [-0.25, -0.2) is 9.36 Å². The van der Waals surface area contributed by atoms with Crippen LogP contribution in [0.1, 0.15) is 5.56 Å². The van der Waals surface area contributed by atoms with Crippen molar-refractivity contribution in [3.05, 3.63) is 77.3 Å². The zero-order valence-corrected chi connectivity index (χ0v) is 18.8. The Hall–Kier alpha value is -3.85. The highest BCUT2D eigenvalue weighted by Crippen LogP contribution is 2.29. The normalized spacial score (nSPS) is 10.7. The molecule has 0 radical (unpaired) electrons. The van der Waals surface area contributed by atoms with Gasteiger partial charge in [0.25, 0.3) is 0 Å². The van der Waals surface area contributed by atoms with Crippen molar-refractivity contribution in [2.75, 3.05) is 19.5 Å². The van der Waals surface area contributed by atoms with Crippen molar-refractivity contribution in [1.82, 2.24) is 19.1 Å². The Morgan fingerprint density at radius 3 is 2.44 bits per heavy atom. The predicted octanol–water partition coefficient (Wildman–Crippen LogP) is 4.16. The van der Waals surface area contributed by atoms with Gasteiger partial charge >= 0.3 is 0 Å². The molecule has 2 aromatic heterocycles. The van der Waals surface area contributed by atoms with Crippen LogP contribution in [0, 0.1) is 11.7 Å². The number of anilines is 1. The third-order valence-corrected chi connectivity index (χ3v) is 5.31. The van der Waals surface area contributed by atoms with Crippen molar-refractivity contribution in [1.29, 1.82) is 0 Å². The fourth-order valence-electron chi connectivity index (χ4n) is 3.28. The molecule has 164 valence electrons. The van der Waals surface area contributed by atoms with Crippen molar-refractivity contribution in [2.24, 2.45) is 0 Å². The molecule has 0 atom stereocenters. The Bertz CT molecular complexity index is 1290. The summed E-state index contributed by atoms with van der Waals surface area (Å²) in [6, 6.07) is 17.0. The summed E-state index contributed by atoms with van der Waals surface area (Å²) in [7, 11) is 3.11. The number of hydrogen-bond acceptors (Lipinski definition) is 5. The van der Waals surface area contributed by atoms with E-state index in [-0.39, 0.29) is 12.5 Å². The molecule has 0 fully saturated rings. The van der Waals surface area contributed by atoms with Gasteiger partial charge in [-0.05, 0) is 43.4 Å². The zero-order chi connectivity index (χ0) is 22.7. The lowest BCUT2D eigenvalue weighted by atomic mass is 10.1. The highest BCUT2D eigenvalue weighted by atomic mass is 32.1. The average molecular weight is 450 g/mol. The van der Waals surface area contributed by atoms with Gasteiger partial charge in [0.05, 0.1) is 19.9 Å². The SMILES string of the molecule is COc1ccc(NC(=O)Cn2nc(-c3ccc(C)cc3)n(-n3cccc3)c2=S)c(OC)c1. The lowest BCUT2D eigenvalue weighted by Crippen LogP contribution is -2.20. The van der Waals surface area contributed by atoms with E-state index in [1.165, 1.54) is 11.8 Å². The standard InChI is InChI=1S/C23H23N5O3S/c1-16-6-8-17(9-7-16)22-25-27(23(32)28(22)26-12-4-5-13-26)15-21(29)24-19-11-10-18(30-2)14-20(19)31-3/h4-14H,15H2,1-3H3,(H,24,29). The van der Waals surface area contributed by atoms with Crippen molar-refractivity contribution in [3.63, 3.8) is 0 Å². The third kappa shape index (κ3) is 4.28. The maximum atomic E-state index is 12.8. The van der Waals surface area contributed by atoms with Crippen LogP contribution < -0.4 is 14.8 Å². The molecule has 32 heavy (non-hydrogen) atoms. The Morgan fingerprint density at radius 1 is 1.06 bits per heavy atom. The molecule has 1 amide bonds. The minimum atomic E-state index is -0.280. The van der Waals surface area contributed by atoms with Gasteiger partial charge in [-0.3, -0.25) is 9.47 Å². The Balaban J connectivity index is 1.66. The number of carbonyl (C=O) groups excluding carboxylic acids is 1. The number of benzene rings is 2. The Kier molecular flexibility index (Phi) is 6.09. The third-order valence-electron chi connectivity index (χ3n) is 4.92. The number of rotatable bonds is 7. The van der Waals surface area contributed by atoms with E-state index in [1.807, 2.05) is 60.4 Å². The number of aromatic nitrogens is 4. The summed E-state index contributed by atoms with van der Waals surface area (Å²) < 4.78 is 16.1. The van der Waals surface area contributed by atoms with Gasteiger partial charge < -0.3 is 14.8 Å². The van der Waals surface area contributed by atoms with E-state index in [0.717, 1.165) is 11.1 Å². The van der Waals surface area contributed by atoms with Gasteiger partial charge in [-0.2, -0.15) is 0 Å². The minimum absolute atomic E-state index is 0.0544. The van der Waals surface area contributed by atoms with Crippen LogP contribution in [-0.4, -0.2) is 39.3 Å². The minimum Gasteiger partial charge on any atom is -0.497 e. The van der Waals surface area contributed by atoms with Gasteiger partial charge in [0, 0.05) is 24.0 Å². The molecule has 0 bridgehead atoms. The second kappa shape index (κ2) is 9.11. The molecule has 0 aliphatic rings. The van der Waals surface area contributed by atoms with E-state index in [2.05, 4.69) is 10.4 Å². The summed E-state index contributed by atoms with van der Waals surface area (Å²) in [4.78, 5) is 12.8. The maximum Gasteiger partial charge on any atom is 0.246 e. The monoisotopic (exact) mass is 449 g/mol. The first kappa shape index (κ1) is 21.4. The number of nitrogens with one attached hydrogen (secondary N) is 1. The lowest BCUT2D eigenvalue weighted by Gasteiger charge is -2.11. The number of nitrogens with zero attached hydrogens (tertiary/aromatic N) is 4. The molecule has 4 rings (SSSR count). The summed E-state index contributed by atoms with van der Waals surface area (Å²) in [6.45, 7) is 1.97. The highest BCUT2D eigenvalue weighted by molar-refractivity contribution is 7.71. The first-order chi connectivity index (χ1) is 15.5. The molecule has 0 spiro atoms. The van der Waals surface area contributed by atoms with Crippen LogP contribution in [-0.2, 0) is 11.3 Å². The number of methoxy groups -OCH3 is 2. The molecule has 0 saturated heterocycles. The van der Waals surface area contributed by atoms with Gasteiger partial charge in [0.15, 0.2) is 5.82 Å². The fourth-order valence-corrected chi connectivity index (χ4v) is 3.57. The van der Waals surface area contributed by atoms with Crippen LogP contribution in [0.25, 0.3) is 11.4 Å². The molecule has 9 heteroatoms. The van der Waals surface area contributed by atoms with Crippen molar-refractivity contribution in [3.8, 4) is 22.9 Å². The van der Waals surface area contributed by atoms with E-state index >= 15 is 0 Å². The van der Waals surface area contributed by atoms with Crippen LogP contribution in [0.3, 0.4) is 0 Å². The first-order valence-electron chi connectivity index (χ1n) is 9.92. The molecule has 4 aromatic rings. The summed E-state index contributed by atoms with van der Waals surface area (Å²) in [5.41, 5.74) is 2.58. The fraction of sp³-hybridized carbons (Fsp3) is 0.174. The quantitative estimate of drug-likeness (QED) is 0.429. The average Bonchev–Trinajstić information content (AvgIpc) is 3.43. The zero-order valence-electron chi connectivity index (χ0n) is 18.0. The van der Waals surface area contributed by atoms with Crippen molar-refractivity contribution in [2.45, 2.75) is 13.5 Å². The Labute approximate surface area is 190 Å². The largest absolute Gasteiger partial charge is 0.497 e. The molecule has 1 N–H and O–H groups in total. The topological polar surface area (TPSA) is 75.2 Å². The molecule has 0 aliphatic carbocycles. The summed E-state index contributed by atoms with van der Waals surface area (Å²) in [5, 5.41) is 7.52. The van der Waals surface area contributed by atoms with E-state index in [0.29, 0.717) is 27.8 Å². The molecule has 0 aliphatic heterocycles. The second-order valence-corrected chi connectivity index (χ2v) is 7.48. The maximum absolute atomic E-state index is 12.8. The number of aryl methyl sites for hydroxylation is 1. The van der Waals surface area contributed by atoms with Crippen LogP contribution in [0.2, 0.25) is 0 Å². The Morgan fingerprint density at radius 2 is 1.78 bits per heavy atom. The van der Waals surface area contributed by atoms with E-state index in [1.54, 1.807) is 30.0 Å². The molecule has 0 saturated carbocycles. The molecular formula is C23H23N5O3S. The lowest BCUT2D eigenvalue weighted by molar-refractivity contribution is -0.116. The number of carbonyl (C=O) groups is 1. The highest BCUT2D eigenvalue weighted by Gasteiger charge is 2.17. The van der Waals surface area contributed by atoms with Crippen molar-refractivity contribution < 1.29 is 14.3 Å². The summed E-state index contributed by atoms with van der Waals surface area (Å²) in [5.74, 6) is 1.49. The van der Waals surface area contributed by atoms with E-state index in [9.17, 15) is 4.79 Å². The van der Waals surface area contributed by atoms with Gasteiger partial charge in [-0.15, -0.1) is 5.10 Å². The van der Waals surface area contributed by atoms with Crippen LogP contribution in [0.4, 0.5) is 5.69 Å². The van der Waals surface area contributed by atoms with Gasteiger partial charge in [0.1, 0.15) is 18.0 Å².